The van der Waals surface area contributed by atoms with Gasteiger partial charge in [0.05, 0.1) is 6.10 Å². The van der Waals surface area contributed by atoms with Gasteiger partial charge < -0.3 is 10.5 Å². The summed E-state index contributed by atoms with van der Waals surface area (Å²) in [5, 5.41) is 0. The molecule has 0 saturated carbocycles. The van der Waals surface area contributed by atoms with E-state index in [1.54, 1.807) is 10.4 Å². The quantitative estimate of drug-likeness (QED) is 0.750. The summed E-state index contributed by atoms with van der Waals surface area (Å²) in [4.78, 5) is 1.09. The Morgan fingerprint density at radius 1 is 1.29 bits per heavy atom. The van der Waals surface area contributed by atoms with E-state index in [1.807, 2.05) is 6.07 Å². The Morgan fingerprint density at radius 3 is 2.42 bits per heavy atom. The molecule has 1 aliphatic heterocycles. The average molecular weight is 397 g/mol. The topological polar surface area (TPSA) is 72.6 Å². The number of nitrogens with two attached hydrogens (primary N) is 1. The smallest absolute Gasteiger partial charge is 0.252 e. The maximum Gasteiger partial charge on any atom is 0.252 e. The highest BCUT2D eigenvalue weighted by Gasteiger charge is 2.31. The normalized spacial score (nSPS) is 17.7. The second-order valence-corrected chi connectivity index (χ2v) is 10.2. The molecule has 0 bridgehead atoms. The zero-order chi connectivity index (χ0) is 17.1. The van der Waals surface area contributed by atoms with Crippen molar-refractivity contribution in [1.29, 1.82) is 0 Å². The highest BCUT2D eigenvalue weighted by Crippen LogP contribution is 2.33. The van der Waals surface area contributed by atoms with Crippen molar-refractivity contribution in [3.05, 3.63) is 17.0 Å². The van der Waals surface area contributed by atoms with E-state index in [9.17, 15) is 8.42 Å². The highest BCUT2D eigenvalue weighted by molar-refractivity contribution is 7.91. The molecule has 1 aromatic rings. The lowest BCUT2D eigenvalue weighted by molar-refractivity contribution is 0.0209. The van der Waals surface area contributed by atoms with Gasteiger partial charge in [0.2, 0.25) is 0 Å². The van der Waals surface area contributed by atoms with E-state index in [2.05, 4.69) is 20.8 Å². The Bertz CT molecular complexity index is 603. The third-order valence-corrected chi connectivity index (χ3v) is 7.89. The van der Waals surface area contributed by atoms with E-state index in [0.717, 1.165) is 24.1 Å². The van der Waals surface area contributed by atoms with Gasteiger partial charge in [0.15, 0.2) is 0 Å². The first kappa shape index (κ1) is 21.9. The fraction of sp³-hybridized carbons (Fsp3) is 0.750. The number of hydrogen-bond donors (Lipinski definition) is 1. The van der Waals surface area contributed by atoms with Crippen LogP contribution < -0.4 is 5.73 Å². The zero-order valence-corrected chi connectivity index (χ0v) is 17.1. The number of sulfonamides is 1. The molecular formula is C16H29ClN2O3S2. The standard InChI is InChI=1S/C16H28N2O3S2.ClH/c1-16(2,3)14-5-6-15(22-14)23(19,20)18-10-7-13(8-11-18)21-12-4-9-17;/h5-6,13H,4,7-12,17H2,1-3H3;1H. The molecule has 0 unspecified atom stereocenters. The molecule has 0 radical (unpaired) electrons. The molecule has 0 aromatic carbocycles. The number of nitrogens with zero attached hydrogens (tertiary/aromatic N) is 1. The molecule has 1 saturated heterocycles. The molecule has 1 aliphatic rings. The lowest BCUT2D eigenvalue weighted by Gasteiger charge is -2.30. The number of halogens is 1. The first-order valence-electron chi connectivity index (χ1n) is 8.17. The zero-order valence-electron chi connectivity index (χ0n) is 14.7. The Morgan fingerprint density at radius 2 is 1.92 bits per heavy atom. The molecule has 0 spiro atoms. The summed E-state index contributed by atoms with van der Waals surface area (Å²) in [6.07, 6.45) is 2.51. The number of ether oxygens (including phenoxy) is 1. The summed E-state index contributed by atoms with van der Waals surface area (Å²) in [6, 6.07) is 3.67. The summed E-state index contributed by atoms with van der Waals surface area (Å²) in [5.41, 5.74) is 5.43. The molecule has 2 N–H and O–H groups in total. The number of hydrogen-bond acceptors (Lipinski definition) is 5. The molecule has 24 heavy (non-hydrogen) atoms. The molecule has 140 valence electrons. The Hall–Kier alpha value is -0.180. The SMILES string of the molecule is CC(C)(C)c1ccc(S(=O)(=O)N2CCC(OCCCN)CC2)s1.Cl. The van der Waals surface area contributed by atoms with Crippen LogP contribution in [0.25, 0.3) is 0 Å². The van der Waals surface area contributed by atoms with Gasteiger partial charge >= 0.3 is 0 Å². The van der Waals surface area contributed by atoms with Crippen molar-refractivity contribution in [3.63, 3.8) is 0 Å². The van der Waals surface area contributed by atoms with E-state index < -0.39 is 10.0 Å². The number of thiophene rings is 1. The summed E-state index contributed by atoms with van der Waals surface area (Å²) < 4.78 is 33.3. The largest absolute Gasteiger partial charge is 0.378 e. The second-order valence-electron chi connectivity index (χ2n) is 6.99. The van der Waals surface area contributed by atoms with Crippen molar-refractivity contribution in [2.24, 2.45) is 5.73 Å². The van der Waals surface area contributed by atoms with Gasteiger partial charge in [-0.3, -0.25) is 0 Å². The van der Waals surface area contributed by atoms with Crippen molar-refractivity contribution < 1.29 is 13.2 Å². The van der Waals surface area contributed by atoms with Gasteiger partial charge in [-0.05, 0) is 43.4 Å². The summed E-state index contributed by atoms with van der Waals surface area (Å²) in [7, 11) is -3.37. The van der Waals surface area contributed by atoms with Crippen LogP contribution in [0.1, 0.15) is 44.9 Å². The first-order chi connectivity index (χ1) is 10.7. The molecule has 2 rings (SSSR count). The van der Waals surface area contributed by atoms with Gasteiger partial charge in [-0.2, -0.15) is 4.31 Å². The molecule has 5 nitrogen and oxygen atoms in total. The summed E-state index contributed by atoms with van der Waals surface area (Å²) in [5.74, 6) is 0. The van der Waals surface area contributed by atoms with Crippen LogP contribution in [-0.4, -0.2) is 45.1 Å². The van der Waals surface area contributed by atoms with Crippen LogP contribution in [0.5, 0.6) is 0 Å². The molecule has 0 aliphatic carbocycles. The Labute approximate surface area is 156 Å². The van der Waals surface area contributed by atoms with Gasteiger partial charge in [-0.1, -0.05) is 20.8 Å². The van der Waals surface area contributed by atoms with Gasteiger partial charge in [-0.25, -0.2) is 8.42 Å². The van der Waals surface area contributed by atoms with Crippen LogP contribution in [-0.2, 0) is 20.2 Å². The predicted molar refractivity (Wildman–Crippen MR) is 102 cm³/mol. The molecule has 0 amide bonds. The number of piperidine rings is 1. The predicted octanol–water partition coefficient (Wildman–Crippen LogP) is 2.99. The van der Waals surface area contributed by atoms with E-state index in [-0.39, 0.29) is 23.9 Å². The monoisotopic (exact) mass is 396 g/mol. The van der Waals surface area contributed by atoms with E-state index in [0.29, 0.717) is 30.5 Å². The lowest BCUT2D eigenvalue weighted by atomic mass is 9.95. The van der Waals surface area contributed by atoms with Crippen molar-refractivity contribution in [2.75, 3.05) is 26.2 Å². The van der Waals surface area contributed by atoms with Crippen LogP contribution >= 0.6 is 23.7 Å². The minimum absolute atomic E-state index is 0. The molecule has 8 heteroatoms. The third-order valence-electron chi connectivity index (χ3n) is 4.02. The lowest BCUT2D eigenvalue weighted by Crippen LogP contribution is -2.40. The maximum atomic E-state index is 12.8. The van der Waals surface area contributed by atoms with E-state index >= 15 is 0 Å². The summed E-state index contributed by atoms with van der Waals surface area (Å²) in [6.45, 7) is 8.63. The van der Waals surface area contributed by atoms with Crippen LogP contribution in [0.3, 0.4) is 0 Å². The highest BCUT2D eigenvalue weighted by atomic mass is 35.5. The van der Waals surface area contributed by atoms with Crippen LogP contribution in [0.15, 0.2) is 16.3 Å². The fourth-order valence-corrected chi connectivity index (χ4v) is 5.55. The molecule has 0 atom stereocenters. The van der Waals surface area contributed by atoms with Crippen molar-refractivity contribution >= 4 is 33.8 Å². The molecule has 1 aromatic heterocycles. The van der Waals surface area contributed by atoms with Crippen LogP contribution in [0.2, 0.25) is 0 Å². The fourth-order valence-electron chi connectivity index (χ4n) is 2.56. The second kappa shape index (κ2) is 8.96. The minimum Gasteiger partial charge on any atom is -0.378 e. The maximum absolute atomic E-state index is 12.8. The number of rotatable bonds is 6. The minimum atomic E-state index is -3.37. The van der Waals surface area contributed by atoms with Gasteiger partial charge in [0.1, 0.15) is 4.21 Å². The van der Waals surface area contributed by atoms with E-state index in [4.69, 9.17) is 10.5 Å². The van der Waals surface area contributed by atoms with Gasteiger partial charge in [0, 0.05) is 24.6 Å². The van der Waals surface area contributed by atoms with Crippen molar-refractivity contribution in [1.82, 2.24) is 4.31 Å². The first-order valence-corrected chi connectivity index (χ1v) is 10.4. The molecule has 1 fully saturated rings. The average Bonchev–Trinajstić information content (AvgIpc) is 2.99. The summed E-state index contributed by atoms with van der Waals surface area (Å²) >= 11 is 1.38. The Kier molecular flexibility index (Phi) is 8.16. The van der Waals surface area contributed by atoms with Crippen LogP contribution in [0, 0.1) is 0 Å². The third kappa shape index (κ3) is 5.41. The molecule has 2 heterocycles. The Balaban J connectivity index is 0.00000288. The van der Waals surface area contributed by atoms with E-state index in [1.165, 1.54) is 11.3 Å². The van der Waals surface area contributed by atoms with Gasteiger partial charge in [-0.15, -0.1) is 23.7 Å². The van der Waals surface area contributed by atoms with Crippen molar-refractivity contribution in [3.8, 4) is 0 Å². The molecular weight excluding hydrogens is 368 g/mol. The van der Waals surface area contributed by atoms with Gasteiger partial charge in [0.25, 0.3) is 10.0 Å². The van der Waals surface area contributed by atoms with Crippen molar-refractivity contribution in [2.45, 2.75) is 55.8 Å². The van der Waals surface area contributed by atoms with Crippen LogP contribution in [0.4, 0.5) is 0 Å².